The molecule has 1 aromatic carbocycles. The molecule has 2 heterocycles. The Balaban J connectivity index is 1.56. The molecule has 2 aliphatic rings. The van der Waals surface area contributed by atoms with Gasteiger partial charge in [-0.15, -0.1) is 11.3 Å². The minimum Gasteiger partial charge on any atom is -0.349 e. The van der Waals surface area contributed by atoms with Crippen LogP contribution < -0.4 is 10.6 Å². The van der Waals surface area contributed by atoms with Gasteiger partial charge in [-0.25, -0.2) is 0 Å². The summed E-state index contributed by atoms with van der Waals surface area (Å²) in [5.41, 5.74) is 1.48. The number of nitrogens with one attached hydrogen (secondary N) is 2. The maximum Gasteiger partial charge on any atom is 0.264 e. The van der Waals surface area contributed by atoms with Gasteiger partial charge in [0.15, 0.2) is 0 Å². The van der Waals surface area contributed by atoms with E-state index < -0.39 is 6.04 Å². The molecule has 8 heteroatoms. The van der Waals surface area contributed by atoms with Crippen molar-refractivity contribution in [3.05, 3.63) is 51.2 Å². The van der Waals surface area contributed by atoms with E-state index in [-0.39, 0.29) is 36.2 Å². The number of amides is 3. The lowest BCUT2D eigenvalue weighted by atomic mass is 9.85. The largest absolute Gasteiger partial charge is 0.349 e. The van der Waals surface area contributed by atoms with Crippen LogP contribution in [0.1, 0.15) is 47.3 Å². The van der Waals surface area contributed by atoms with Crippen LogP contribution in [-0.2, 0) is 9.59 Å². The zero-order valence-corrected chi connectivity index (χ0v) is 18.3. The van der Waals surface area contributed by atoms with Crippen molar-refractivity contribution in [2.24, 2.45) is 0 Å². The normalized spacial score (nSPS) is 23.5. The van der Waals surface area contributed by atoms with Gasteiger partial charge in [0.25, 0.3) is 5.91 Å². The van der Waals surface area contributed by atoms with Gasteiger partial charge in [0.1, 0.15) is 6.04 Å². The third-order valence-corrected chi connectivity index (χ3v) is 7.12. The Morgan fingerprint density at radius 2 is 2.07 bits per heavy atom. The Morgan fingerprint density at radius 3 is 2.80 bits per heavy atom. The molecule has 30 heavy (non-hydrogen) atoms. The van der Waals surface area contributed by atoms with Crippen LogP contribution in [0.5, 0.6) is 0 Å². The molecule has 2 aromatic rings. The van der Waals surface area contributed by atoms with Gasteiger partial charge in [-0.2, -0.15) is 0 Å². The zero-order valence-electron chi connectivity index (χ0n) is 16.7. The number of hydrogen-bond acceptors (Lipinski definition) is 4. The van der Waals surface area contributed by atoms with Crippen molar-refractivity contribution in [1.29, 1.82) is 0 Å². The van der Waals surface area contributed by atoms with Gasteiger partial charge in [-0.05, 0) is 48.9 Å². The number of fused-ring (bicyclic) bond motifs is 1. The van der Waals surface area contributed by atoms with Crippen LogP contribution in [-0.4, -0.2) is 40.7 Å². The number of carbonyl (C=O) groups is 3. The summed E-state index contributed by atoms with van der Waals surface area (Å²) in [5, 5.41) is 8.26. The van der Waals surface area contributed by atoms with E-state index in [1.807, 2.05) is 24.4 Å². The van der Waals surface area contributed by atoms with Crippen LogP contribution >= 0.6 is 22.9 Å². The van der Waals surface area contributed by atoms with Crippen molar-refractivity contribution in [3.8, 4) is 0 Å². The molecular weight excluding hydrogens is 422 g/mol. The second-order valence-electron chi connectivity index (χ2n) is 7.89. The Morgan fingerprint density at radius 1 is 1.27 bits per heavy atom. The molecule has 1 saturated heterocycles. The van der Waals surface area contributed by atoms with E-state index in [2.05, 4.69) is 10.6 Å². The van der Waals surface area contributed by atoms with Crippen LogP contribution in [0.2, 0.25) is 5.02 Å². The van der Waals surface area contributed by atoms with Gasteiger partial charge in [0.05, 0.1) is 17.3 Å². The van der Waals surface area contributed by atoms with Gasteiger partial charge >= 0.3 is 0 Å². The minimum absolute atomic E-state index is 0.0506. The number of carbonyl (C=O) groups excluding carboxylic acids is 3. The van der Waals surface area contributed by atoms with Crippen LogP contribution in [0.3, 0.4) is 0 Å². The maximum absolute atomic E-state index is 13.3. The molecule has 1 aliphatic heterocycles. The van der Waals surface area contributed by atoms with Crippen LogP contribution in [0.25, 0.3) is 0 Å². The molecular formula is C22H24ClN3O3S. The lowest BCUT2D eigenvalue weighted by Gasteiger charge is -2.47. The van der Waals surface area contributed by atoms with Gasteiger partial charge in [0.2, 0.25) is 11.8 Å². The standard InChI is InChI=1S/C22H24ClN3O3S/c1-13-8-9-14(11-15(13)23)24-20(27)12-18-21(28)25-16-5-2-3-6-17(16)26(18)22(29)19-7-4-10-30-19/h4,7-11,16-18H,2-3,5-6,12H2,1H3,(H,24,27)(H,25,28)/t16-,17-,18-/m1/s1. The fourth-order valence-electron chi connectivity index (χ4n) is 4.32. The Labute approximate surface area is 184 Å². The van der Waals surface area contributed by atoms with E-state index in [1.165, 1.54) is 11.3 Å². The van der Waals surface area contributed by atoms with Crippen molar-refractivity contribution >= 4 is 46.3 Å². The molecule has 2 N–H and O–H groups in total. The average molecular weight is 446 g/mol. The molecule has 1 saturated carbocycles. The second kappa shape index (κ2) is 8.78. The van der Waals surface area contributed by atoms with Crippen molar-refractivity contribution in [1.82, 2.24) is 10.2 Å². The summed E-state index contributed by atoms with van der Waals surface area (Å²) in [5.74, 6) is -0.763. The second-order valence-corrected chi connectivity index (χ2v) is 9.24. The first-order valence-corrected chi connectivity index (χ1v) is 11.4. The summed E-state index contributed by atoms with van der Waals surface area (Å²) in [6.07, 6.45) is 3.62. The van der Waals surface area contributed by atoms with Crippen LogP contribution in [0.15, 0.2) is 35.7 Å². The lowest BCUT2D eigenvalue weighted by molar-refractivity contribution is -0.135. The molecule has 0 spiro atoms. The summed E-state index contributed by atoms with van der Waals surface area (Å²) >= 11 is 7.50. The van der Waals surface area contributed by atoms with Crippen LogP contribution in [0.4, 0.5) is 5.69 Å². The first kappa shape index (κ1) is 20.9. The molecule has 3 atom stereocenters. The third kappa shape index (κ3) is 4.23. The van der Waals surface area contributed by atoms with E-state index in [0.717, 1.165) is 31.2 Å². The van der Waals surface area contributed by atoms with E-state index in [0.29, 0.717) is 15.6 Å². The predicted molar refractivity (Wildman–Crippen MR) is 118 cm³/mol. The first-order chi connectivity index (χ1) is 14.4. The molecule has 1 aliphatic carbocycles. The van der Waals surface area contributed by atoms with E-state index >= 15 is 0 Å². The quantitative estimate of drug-likeness (QED) is 0.746. The first-order valence-electron chi connectivity index (χ1n) is 10.2. The fourth-order valence-corrected chi connectivity index (χ4v) is 5.17. The number of anilines is 1. The molecule has 0 unspecified atom stereocenters. The van der Waals surface area contributed by atoms with E-state index in [4.69, 9.17) is 11.6 Å². The van der Waals surface area contributed by atoms with Crippen molar-refractivity contribution in [2.75, 3.05) is 5.32 Å². The van der Waals surface area contributed by atoms with Gasteiger partial charge in [-0.3, -0.25) is 14.4 Å². The highest BCUT2D eigenvalue weighted by atomic mass is 35.5. The minimum atomic E-state index is -0.833. The summed E-state index contributed by atoms with van der Waals surface area (Å²) in [4.78, 5) is 41.2. The number of rotatable bonds is 4. The number of benzene rings is 1. The Kier molecular flexibility index (Phi) is 6.11. The van der Waals surface area contributed by atoms with E-state index in [9.17, 15) is 14.4 Å². The molecule has 6 nitrogen and oxygen atoms in total. The smallest absolute Gasteiger partial charge is 0.264 e. The van der Waals surface area contributed by atoms with Gasteiger partial charge in [0, 0.05) is 16.8 Å². The molecule has 4 rings (SSSR count). The molecule has 2 fully saturated rings. The number of thiophene rings is 1. The Bertz CT molecular complexity index is 963. The highest BCUT2D eigenvalue weighted by molar-refractivity contribution is 7.12. The van der Waals surface area contributed by atoms with Crippen molar-refractivity contribution < 1.29 is 14.4 Å². The number of nitrogens with zero attached hydrogens (tertiary/aromatic N) is 1. The summed E-state index contributed by atoms with van der Waals surface area (Å²) in [6.45, 7) is 1.88. The molecule has 0 bridgehead atoms. The number of halogens is 1. The van der Waals surface area contributed by atoms with Gasteiger partial charge < -0.3 is 15.5 Å². The van der Waals surface area contributed by atoms with Crippen LogP contribution in [0, 0.1) is 6.92 Å². The number of hydrogen-bond donors (Lipinski definition) is 2. The monoisotopic (exact) mass is 445 g/mol. The molecule has 3 amide bonds. The molecule has 1 aromatic heterocycles. The SMILES string of the molecule is Cc1ccc(NC(=O)C[C@@H]2C(=O)N[C@@H]3CCCC[C@H]3N2C(=O)c2cccs2)cc1Cl. The maximum atomic E-state index is 13.3. The fraction of sp³-hybridized carbons (Fsp3) is 0.409. The summed E-state index contributed by atoms with van der Waals surface area (Å²) in [7, 11) is 0. The predicted octanol–water partition coefficient (Wildman–Crippen LogP) is 3.99. The highest BCUT2D eigenvalue weighted by Gasteiger charge is 2.46. The van der Waals surface area contributed by atoms with Crippen molar-refractivity contribution in [2.45, 2.75) is 57.2 Å². The topological polar surface area (TPSA) is 78.5 Å². The lowest BCUT2D eigenvalue weighted by Crippen LogP contribution is -2.67. The zero-order chi connectivity index (χ0) is 21.3. The highest BCUT2D eigenvalue weighted by Crippen LogP contribution is 2.31. The molecule has 158 valence electrons. The van der Waals surface area contributed by atoms with Gasteiger partial charge in [-0.1, -0.05) is 36.6 Å². The Hall–Kier alpha value is -2.38. The molecule has 0 radical (unpaired) electrons. The van der Waals surface area contributed by atoms with Crippen molar-refractivity contribution in [3.63, 3.8) is 0 Å². The summed E-state index contributed by atoms with van der Waals surface area (Å²) < 4.78 is 0. The third-order valence-electron chi connectivity index (χ3n) is 5.85. The number of aryl methyl sites for hydroxylation is 1. The summed E-state index contributed by atoms with van der Waals surface area (Å²) in [6, 6.07) is 7.90. The average Bonchev–Trinajstić information content (AvgIpc) is 3.26. The number of piperazine rings is 1. The van der Waals surface area contributed by atoms with E-state index in [1.54, 1.807) is 23.1 Å².